The first-order chi connectivity index (χ1) is 8.45. The van der Waals surface area contributed by atoms with Gasteiger partial charge in [0.05, 0.1) is 5.75 Å². The zero-order chi connectivity index (χ0) is 13.3. The molecule has 0 amide bonds. The molecule has 5 nitrogen and oxygen atoms in total. The van der Waals surface area contributed by atoms with Gasteiger partial charge in [-0.1, -0.05) is 13.8 Å². The Hall–Kier alpha value is -0.470. The fourth-order valence-corrected chi connectivity index (χ4v) is 5.28. The van der Waals surface area contributed by atoms with Crippen molar-refractivity contribution in [2.24, 2.45) is 0 Å². The first kappa shape index (κ1) is 14.0. The SMILES string of the molecule is CCS(=O)(=O)c1c(N)nsc1N1CCSC(C)C1. The van der Waals surface area contributed by atoms with Crippen LogP contribution in [0.5, 0.6) is 0 Å². The number of rotatable bonds is 3. The van der Waals surface area contributed by atoms with Crippen molar-refractivity contribution in [3.63, 3.8) is 0 Å². The minimum absolute atomic E-state index is 0.0563. The molecule has 0 aliphatic carbocycles. The van der Waals surface area contributed by atoms with Gasteiger partial charge < -0.3 is 10.6 Å². The molecular weight excluding hydrogens is 290 g/mol. The molecule has 1 unspecified atom stereocenters. The normalized spacial score (nSPS) is 21.2. The maximum Gasteiger partial charge on any atom is 0.184 e. The standard InChI is InChI=1S/C10H17N3O2S3/c1-3-18(14,15)8-9(11)12-17-10(8)13-4-5-16-7(2)6-13/h7H,3-6H2,1-2H3,(H2,11,12). The molecule has 2 N–H and O–H groups in total. The summed E-state index contributed by atoms with van der Waals surface area (Å²) in [6.45, 7) is 5.47. The molecule has 1 aliphatic heterocycles. The quantitative estimate of drug-likeness (QED) is 0.911. The summed E-state index contributed by atoms with van der Waals surface area (Å²) >= 11 is 3.09. The third kappa shape index (κ3) is 2.60. The molecule has 1 aromatic heterocycles. The summed E-state index contributed by atoms with van der Waals surface area (Å²) in [4.78, 5) is 2.33. The summed E-state index contributed by atoms with van der Waals surface area (Å²) in [5.74, 6) is 1.20. The van der Waals surface area contributed by atoms with Crippen LogP contribution in [0.2, 0.25) is 0 Å². The number of hydrogen-bond donors (Lipinski definition) is 1. The van der Waals surface area contributed by atoms with Crippen LogP contribution in [0.4, 0.5) is 10.8 Å². The van der Waals surface area contributed by atoms with Crippen LogP contribution >= 0.6 is 23.3 Å². The number of sulfone groups is 1. The molecule has 1 aromatic rings. The number of hydrogen-bond acceptors (Lipinski definition) is 7. The maximum absolute atomic E-state index is 12.1. The monoisotopic (exact) mass is 307 g/mol. The molecular formula is C10H17N3O2S3. The molecule has 18 heavy (non-hydrogen) atoms. The molecule has 0 spiro atoms. The lowest BCUT2D eigenvalue weighted by atomic mass is 10.4. The molecule has 0 aromatic carbocycles. The first-order valence-corrected chi connectivity index (χ1v) is 9.27. The molecule has 0 bridgehead atoms. The van der Waals surface area contributed by atoms with Gasteiger partial charge in [-0.05, 0) is 11.5 Å². The van der Waals surface area contributed by atoms with Gasteiger partial charge in [-0.25, -0.2) is 8.42 Å². The van der Waals surface area contributed by atoms with Gasteiger partial charge in [0, 0.05) is 24.1 Å². The van der Waals surface area contributed by atoms with Gasteiger partial charge in [0.15, 0.2) is 15.7 Å². The predicted octanol–water partition coefficient (Wildman–Crippen LogP) is 1.46. The van der Waals surface area contributed by atoms with E-state index in [1.807, 2.05) is 11.8 Å². The van der Waals surface area contributed by atoms with Crippen LogP contribution < -0.4 is 10.6 Å². The number of nitrogens with two attached hydrogens (primary N) is 1. The zero-order valence-corrected chi connectivity index (χ0v) is 12.9. The Morgan fingerprint density at radius 2 is 2.28 bits per heavy atom. The number of anilines is 2. The summed E-state index contributed by atoms with van der Waals surface area (Å²) in [6.07, 6.45) is 0. The topological polar surface area (TPSA) is 76.3 Å². The van der Waals surface area contributed by atoms with E-state index in [1.54, 1.807) is 6.92 Å². The lowest BCUT2D eigenvalue weighted by molar-refractivity contribution is 0.597. The van der Waals surface area contributed by atoms with Gasteiger partial charge in [-0.3, -0.25) is 0 Å². The van der Waals surface area contributed by atoms with Crippen molar-refractivity contribution in [3.05, 3.63) is 0 Å². The highest BCUT2D eigenvalue weighted by atomic mass is 32.2. The van der Waals surface area contributed by atoms with Crippen LogP contribution in [0.1, 0.15) is 13.8 Å². The number of nitrogens with zero attached hydrogens (tertiary/aromatic N) is 2. The minimum atomic E-state index is -3.31. The highest BCUT2D eigenvalue weighted by molar-refractivity contribution is 8.00. The smallest absolute Gasteiger partial charge is 0.184 e. The Balaban J connectivity index is 2.40. The molecule has 1 fully saturated rings. The number of nitrogen functional groups attached to an aromatic ring is 1. The molecule has 0 saturated carbocycles. The number of aromatic nitrogens is 1. The Morgan fingerprint density at radius 3 is 2.89 bits per heavy atom. The summed E-state index contributed by atoms with van der Waals surface area (Å²) < 4.78 is 28.2. The Kier molecular flexibility index (Phi) is 4.08. The van der Waals surface area contributed by atoms with Gasteiger partial charge in [0.2, 0.25) is 0 Å². The summed E-state index contributed by atoms with van der Waals surface area (Å²) in [6, 6.07) is 0. The van der Waals surface area contributed by atoms with Crippen molar-refractivity contribution in [2.75, 3.05) is 35.2 Å². The van der Waals surface area contributed by atoms with Gasteiger partial charge in [-0.2, -0.15) is 16.1 Å². The Morgan fingerprint density at radius 1 is 1.56 bits per heavy atom. The average Bonchev–Trinajstić information content (AvgIpc) is 2.72. The molecule has 1 saturated heterocycles. The third-order valence-electron chi connectivity index (χ3n) is 2.88. The molecule has 1 aliphatic rings. The Labute approximate surface area is 116 Å². The van der Waals surface area contributed by atoms with Crippen LogP contribution in [0.3, 0.4) is 0 Å². The predicted molar refractivity (Wildman–Crippen MR) is 78.4 cm³/mol. The van der Waals surface area contributed by atoms with Crippen molar-refractivity contribution in [1.82, 2.24) is 4.37 Å². The van der Waals surface area contributed by atoms with Crippen molar-refractivity contribution in [1.29, 1.82) is 0 Å². The first-order valence-electron chi connectivity index (χ1n) is 5.80. The molecule has 0 radical (unpaired) electrons. The highest BCUT2D eigenvalue weighted by Gasteiger charge is 2.29. The van der Waals surface area contributed by atoms with E-state index >= 15 is 0 Å². The van der Waals surface area contributed by atoms with E-state index in [2.05, 4.69) is 16.2 Å². The van der Waals surface area contributed by atoms with Crippen LogP contribution in [0.15, 0.2) is 4.90 Å². The van der Waals surface area contributed by atoms with Crippen molar-refractivity contribution >= 4 is 44.0 Å². The molecule has 1 atom stereocenters. The molecule has 2 rings (SSSR count). The minimum Gasteiger partial charge on any atom is -0.382 e. The van der Waals surface area contributed by atoms with Crippen LogP contribution in [0, 0.1) is 0 Å². The van der Waals surface area contributed by atoms with E-state index in [9.17, 15) is 8.42 Å². The second-order valence-corrected chi connectivity index (χ2v) is 8.75. The Bertz CT molecular complexity index is 526. The van der Waals surface area contributed by atoms with Crippen molar-refractivity contribution in [2.45, 2.75) is 24.0 Å². The van der Waals surface area contributed by atoms with E-state index < -0.39 is 9.84 Å². The fraction of sp³-hybridized carbons (Fsp3) is 0.700. The summed E-state index contributed by atoms with van der Waals surface area (Å²) in [5, 5.41) is 1.21. The van der Waals surface area contributed by atoms with Gasteiger partial charge >= 0.3 is 0 Å². The van der Waals surface area contributed by atoms with Crippen LogP contribution in [-0.4, -0.2) is 42.6 Å². The molecule has 102 valence electrons. The molecule has 2 heterocycles. The van der Waals surface area contributed by atoms with Crippen molar-refractivity contribution in [3.8, 4) is 0 Å². The maximum atomic E-state index is 12.1. The van der Waals surface area contributed by atoms with E-state index in [4.69, 9.17) is 5.73 Å². The van der Waals surface area contributed by atoms with Crippen LogP contribution in [0.25, 0.3) is 0 Å². The van der Waals surface area contributed by atoms with E-state index in [1.165, 1.54) is 11.5 Å². The zero-order valence-electron chi connectivity index (χ0n) is 10.4. The van der Waals surface area contributed by atoms with Crippen molar-refractivity contribution < 1.29 is 8.42 Å². The lowest BCUT2D eigenvalue weighted by Crippen LogP contribution is -2.36. The fourth-order valence-electron chi connectivity index (χ4n) is 1.93. The van der Waals surface area contributed by atoms with E-state index in [-0.39, 0.29) is 16.5 Å². The second-order valence-electron chi connectivity index (χ2n) is 4.23. The van der Waals surface area contributed by atoms with Gasteiger partial charge in [0.1, 0.15) is 9.90 Å². The summed E-state index contributed by atoms with van der Waals surface area (Å²) in [7, 11) is -3.31. The largest absolute Gasteiger partial charge is 0.382 e. The summed E-state index contributed by atoms with van der Waals surface area (Å²) in [5.41, 5.74) is 5.73. The van der Waals surface area contributed by atoms with E-state index in [0.717, 1.165) is 18.8 Å². The molecule has 8 heteroatoms. The average molecular weight is 307 g/mol. The second kappa shape index (κ2) is 5.26. The van der Waals surface area contributed by atoms with Gasteiger partial charge in [-0.15, -0.1) is 0 Å². The van der Waals surface area contributed by atoms with Gasteiger partial charge in [0.25, 0.3) is 0 Å². The number of thioether (sulfide) groups is 1. The highest BCUT2D eigenvalue weighted by Crippen LogP contribution is 2.37. The lowest BCUT2D eigenvalue weighted by Gasteiger charge is -2.31. The van der Waals surface area contributed by atoms with Crippen LogP contribution in [-0.2, 0) is 9.84 Å². The third-order valence-corrected chi connectivity index (χ3v) is 6.85. The van der Waals surface area contributed by atoms with E-state index in [0.29, 0.717) is 10.3 Å².